The van der Waals surface area contributed by atoms with Gasteiger partial charge in [-0.2, -0.15) is 0 Å². The number of nitrogens with one attached hydrogen (secondary N) is 1. The fourth-order valence-corrected chi connectivity index (χ4v) is 2.44. The fraction of sp³-hybridized carbons (Fsp3) is 1.00. The van der Waals surface area contributed by atoms with Gasteiger partial charge in [-0.3, -0.25) is 4.90 Å². The van der Waals surface area contributed by atoms with E-state index in [1.54, 1.807) is 0 Å². The third-order valence-corrected chi connectivity index (χ3v) is 3.60. The summed E-state index contributed by atoms with van der Waals surface area (Å²) in [6.45, 7) is 8.80. The van der Waals surface area contributed by atoms with E-state index in [0.29, 0.717) is 6.04 Å². The molecule has 3 nitrogen and oxygen atoms in total. The first kappa shape index (κ1) is 12.3. The van der Waals surface area contributed by atoms with E-state index in [1.165, 1.54) is 38.8 Å². The summed E-state index contributed by atoms with van der Waals surface area (Å²) >= 11 is 0. The van der Waals surface area contributed by atoms with Crippen LogP contribution in [0.4, 0.5) is 0 Å². The van der Waals surface area contributed by atoms with E-state index in [2.05, 4.69) is 17.1 Å². The summed E-state index contributed by atoms with van der Waals surface area (Å²) in [6.07, 6.45) is 5.46. The molecule has 1 saturated heterocycles. The third kappa shape index (κ3) is 4.40. The average molecular weight is 226 g/mol. The molecule has 0 aromatic carbocycles. The van der Waals surface area contributed by atoms with Crippen molar-refractivity contribution < 1.29 is 4.74 Å². The predicted molar refractivity (Wildman–Crippen MR) is 66.7 cm³/mol. The van der Waals surface area contributed by atoms with Crippen molar-refractivity contribution in [3.05, 3.63) is 0 Å². The molecule has 2 fully saturated rings. The molecule has 1 atom stereocenters. The SMILES string of the molecule is CCNC1CCCN(CCOCC2CC2)C1. The van der Waals surface area contributed by atoms with Crippen molar-refractivity contribution in [1.82, 2.24) is 10.2 Å². The van der Waals surface area contributed by atoms with Crippen LogP contribution in [0.15, 0.2) is 0 Å². The summed E-state index contributed by atoms with van der Waals surface area (Å²) in [5.74, 6) is 0.899. The lowest BCUT2D eigenvalue weighted by Crippen LogP contribution is -2.46. The van der Waals surface area contributed by atoms with Gasteiger partial charge in [0.2, 0.25) is 0 Å². The molecule has 0 aromatic heterocycles. The standard InChI is InChI=1S/C13H26N2O/c1-2-14-13-4-3-7-15(10-13)8-9-16-11-12-5-6-12/h12-14H,2-11H2,1H3. The Balaban J connectivity index is 1.53. The second kappa shape index (κ2) is 6.58. The highest BCUT2D eigenvalue weighted by Crippen LogP contribution is 2.28. The maximum Gasteiger partial charge on any atom is 0.0593 e. The van der Waals surface area contributed by atoms with Crippen LogP contribution < -0.4 is 5.32 Å². The van der Waals surface area contributed by atoms with Crippen LogP contribution in [0.5, 0.6) is 0 Å². The summed E-state index contributed by atoms with van der Waals surface area (Å²) in [5, 5.41) is 3.55. The Bertz CT molecular complexity index is 192. The molecule has 3 heteroatoms. The summed E-state index contributed by atoms with van der Waals surface area (Å²) < 4.78 is 5.69. The molecular formula is C13H26N2O. The summed E-state index contributed by atoms with van der Waals surface area (Å²) in [4.78, 5) is 2.55. The Hall–Kier alpha value is -0.120. The van der Waals surface area contributed by atoms with Crippen LogP contribution in [-0.4, -0.2) is 50.3 Å². The Morgan fingerprint density at radius 1 is 1.31 bits per heavy atom. The van der Waals surface area contributed by atoms with Gasteiger partial charge in [0.1, 0.15) is 0 Å². The molecule has 1 unspecified atom stereocenters. The van der Waals surface area contributed by atoms with Crippen molar-refractivity contribution in [1.29, 1.82) is 0 Å². The van der Waals surface area contributed by atoms with Crippen LogP contribution >= 0.6 is 0 Å². The zero-order valence-corrected chi connectivity index (χ0v) is 10.6. The van der Waals surface area contributed by atoms with Crippen molar-refractivity contribution in [3.63, 3.8) is 0 Å². The van der Waals surface area contributed by atoms with Crippen molar-refractivity contribution in [2.75, 3.05) is 39.4 Å². The molecule has 1 heterocycles. The first-order valence-corrected chi connectivity index (χ1v) is 6.92. The topological polar surface area (TPSA) is 24.5 Å². The summed E-state index contributed by atoms with van der Waals surface area (Å²) in [7, 11) is 0. The monoisotopic (exact) mass is 226 g/mol. The van der Waals surface area contributed by atoms with E-state index in [1.807, 2.05) is 0 Å². The molecule has 2 aliphatic rings. The molecule has 16 heavy (non-hydrogen) atoms. The zero-order chi connectivity index (χ0) is 11.2. The molecule has 0 bridgehead atoms. The van der Waals surface area contributed by atoms with Gasteiger partial charge in [0.25, 0.3) is 0 Å². The molecule has 0 radical (unpaired) electrons. The lowest BCUT2D eigenvalue weighted by Gasteiger charge is -2.32. The van der Waals surface area contributed by atoms with E-state index < -0.39 is 0 Å². The Kier molecular flexibility index (Phi) is 5.07. The van der Waals surface area contributed by atoms with Gasteiger partial charge in [-0.05, 0) is 44.7 Å². The molecule has 1 N–H and O–H groups in total. The van der Waals surface area contributed by atoms with Crippen LogP contribution in [0.1, 0.15) is 32.6 Å². The number of likely N-dealkylation sites (N-methyl/N-ethyl adjacent to an activating group) is 1. The van der Waals surface area contributed by atoms with Crippen LogP contribution in [0.25, 0.3) is 0 Å². The van der Waals surface area contributed by atoms with E-state index >= 15 is 0 Å². The molecule has 1 aliphatic heterocycles. The van der Waals surface area contributed by atoms with E-state index in [4.69, 9.17) is 4.74 Å². The molecule has 1 saturated carbocycles. The maximum absolute atomic E-state index is 5.69. The number of rotatable bonds is 7. The Morgan fingerprint density at radius 2 is 2.19 bits per heavy atom. The average Bonchev–Trinajstić information content (AvgIpc) is 3.09. The van der Waals surface area contributed by atoms with Gasteiger partial charge in [-0.25, -0.2) is 0 Å². The van der Waals surface area contributed by atoms with Gasteiger partial charge in [-0.1, -0.05) is 6.92 Å². The quantitative estimate of drug-likeness (QED) is 0.666. The van der Waals surface area contributed by atoms with Crippen LogP contribution in [0.3, 0.4) is 0 Å². The van der Waals surface area contributed by atoms with Gasteiger partial charge in [0.15, 0.2) is 0 Å². The molecule has 0 amide bonds. The molecule has 2 rings (SSSR count). The van der Waals surface area contributed by atoms with Gasteiger partial charge in [-0.15, -0.1) is 0 Å². The van der Waals surface area contributed by atoms with Crippen molar-refractivity contribution >= 4 is 0 Å². The highest BCUT2D eigenvalue weighted by molar-refractivity contribution is 4.77. The number of piperidine rings is 1. The minimum absolute atomic E-state index is 0.710. The smallest absolute Gasteiger partial charge is 0.0593 e. The van der Waals surface area contributed by atoms with E-state index in [-0.39, 0.29) is 0 Å². The van der Waals surface area contributed by atoms with Crippen molar-refractivity contribution in [2.45, 2.75) is 38.6 Å². The normalized spacial score (nSPS) is 27.2. The van der Waals surface area contributed by atoms with E-state index in [9.17, 15) is 0 Å². The third-order valence-electron chi connectivity index (χ3n) is 3.60. The fourth-order valence-electron chi connectivity index (χ4n) is 2.44. The van der Waals surface area contributed by atoms with Gasteiger partial charge >= 0.3 is 0 Å². The number of hydrogen-bond acceptors (Lipinski definition) is 3. The Labute approximate surface area is 99.5 Å². The van der Waals surface area contributed by atoms with Gasteiger partial charge < -0.3 is 10.1 Å². The zero-order valence-electron chi connectivity index (χ0n) is 10.6. The minimum atomic E-state index is 0.710. The van der Waals surface area contributed by atoms with Crippen LogP contribution in [0, 0.1) is 5.92 Å². The number of ether oxygens (including phenoxy) is 1. The number of likely N-dealkylation sites (tertiary alicyclic amines) is 1. The second-order valence-electron chi connectivity index (χ2n) is 5.22. The van der Waals surface area contributed by atoms with Crippen molar-refractivity contribution in [2.24, 2.45) is 5.92 Å². The number of hydrogen-bond donors (Lipinski definition) is 1. The molecule has 0 aromatic rings. The van der Waals surface area contributed by atoms with Gasteiger partial charge in [0, 0.05) is 25.7 Å². The lowest BCUT2D eigenvalue weighted by atomic mass is 10.1. The highest BCUT2D eigenvalue weighted by atomic mass is 16.5. The molecule has 0 spiro atoms. The minimum Gasteiger partial charge on any atom is -0.380 e. The number of nitrogens with zero attached hydrogens (tertiary/aromatic N) is 1. The molecule has 1 aliphatic carbocycles. The first-order chi connectivity index (χ1) is 7.88. The largest absolute Gasteiger partial charge is 0.380 e. The summed E-state index contributed by atoms with van der Waals surface area (Å²) in [6, 6.07) is 0.710. The lowest BCUT2D eigenvalue weighted by molar-refractivity contribution is 0.0840. The maximum atomic E-state index is 5.69. The van der Waals surface area contributed by atoms with Crippen LogP contribution in [-0.2, 0) is 4.74 Å². The molecular weight excluding hydrogens is 200 g/mol. The summed E-state index contributed by atoms with van der Waals surface area (Å²) in [5.41, 5.74) is 0. The first-order valence-electron chi connectivity index (χ1n) is 6.92. The van der Waals surface area contributed by atoms with Crippen molar-refractivity contribution in [3.8, 4) is 0 Å². The van der Waals surface area contributed by atoms with E-state index in [0.717, 1.165) is 32.2 Å². The second-order valence-corrected chi connectivity index (χ2v) is 5.22. The Morgan fingerprint density at radius 3 is 2.94 bits per heavy atom. The predicted octanol–water partition coefficient (Wildman–Crippen LogP) is 1.49. The van der Waals surface area contributed by atoms with Gasteiger partial charge in [0.05, 0.1) is 6.61 Å². The molecule has 94 valence electrons. The van der Waals surface area contributed by atoms with Crippen LogP contribution in [0.2, 0.25) is 0 Å². The highest BCUT2D eigenvalue weighted by Gasteiger charge is 2.22.